The Hall–Kier alpha value is -4.11. The van der Waals surface area contributed by atoms with Crippen molar-refractivity contribution in [1.82, 2.24) is 10.3 Å². The van der Waals surface area contributed by atoms with Gasteiger partial charge in [-0.25, -0.2) is 0 Å². The van der Waals surface area contributed by atoms with Gasteiger partial charge in [0.1, 0.15) is 5.70 Å². The number of rotatable bonds is 9. The van der Waals surface area contributed by atoms with E-state index in [1.54, 1.807) is 110 Å². The zero-order valence-electron chi connectivity index (χ0n) is 21.2. The molecule has 0 bridgehead atoms. The van der Waals surface area contributed by atoms with Crippen molar-refractivity contribution in [2.75, 3.05) is 10.6 Å². The average molecular weight is 592 g/mol. The molecule has 1 heterocycles. The number of hydrogen-bond donors (Lipinski definition) is 3. The Bertz CT molecular complexity index is 1510. The normalized spacial score (nSPS) is 11.8. The lowest BCUT2D eigenvalue weighted by Gasteiger charge is -2.14. The zero-order valence-corrected chi connectivity index (χ0v) is 23.6. The SMILES string of the molecule is CC(Sc1ccc(NC(=O)/C(=C/c2cccnc2)NC(=O)c2ccccc2)cc1)C(=O)Nc1cc(Cl)cc(Cl)c1. The summed E-state index contributed by atoms with van der Waals surface area (Å²) in [4.78, 5) is 43.5. The van der Waals surface area contributed by atoms with Crippen LogP contribution in [0.25, 0.3) is 6.08 Å². The van der Waals surface area contributed by atoms with Crippen LogP contribution in [0.4, 0.5) is 11.4 Å². The lowest BCUT2D eigenvalue weighted by molar-refractivity contribution is -0.115. The van der Waals surface area contributed by atoms with E-state index in [0.29, 0.717) is 32.5 Å². The molecule has 3 N–H and O–H groups in total. The van der Waals surface area contributed by atoms with Gasteiger partial charge in [-0.15, -0.1) is 11.8 Å². The number of halogens is 2. The first kappa shape index (κ1) is 28.9. The number of benzene rings is 3. The molecule has 1 atom stereocenters. The highest BCUT2D eigenvalue weighted by molar-refractivity contribution is 8.00. The second-order valence-corrected chi connectivity index (χ2v) is 10.8. The molecule has 0 saturated carbocycles. The fourth-order valence-corrected chi connectivity index (χ4v) is 4.91. The van der Waals surface area contributed by atoms with Gasteiger partial charge in [0.2, 0.25) is 5.91 Å². The molecule has 40 heavy (non-hydrogen) atoms. The molecule has 3 aromatic carbocycles. The highest BCUT2D eigenvalue weighted by Gasteiger charge is 2.17. The molecule has 4 rings (SSSR count). The maximum atomic E-state index is 13.2. The minimum Gasteiger partial charge on any atom is -0.325 e. The van der Waals surface area contributed by atoms with Crippen LogP contribution in [0.2, 0.25) is 10.0 Å². The van der Waals surface area contributed by atoms with Crippen LogP contribution >= 0.6 is 35.0 Å². The fourth-order valence-electron chi connectivity index (χ4n) is 3.51. The standard InChI is InChI=1S/C30H24Cl2N4O3S/c1-19(28(37)35-25-16-22(31)15-23(32)17-25)40-26-11-9-24(10-12-26)34-30(39)27(14-20-6-5-13-33-18-20)36-29(38)21-7-3-2-4-8-21/h2-19H,1H3,(H,34,39)(H,35,37)(H,36,38)/b27-14-. The van der Waals surface area contributed by atoms with E-state index in [1.165, 1.54) is 11.8 Å². The lowest BCUT2D eigenvalue weighted by Crippen LogP contribution is -2.30. The van der Waals surface area contributed by atoms with Crippen LogP contribution in [0, 0.1) is 0 Å². The molecular weight excluding hydrogens is 567 g/mol. The number of nitrogens with zero attached hydrogens (tertiary/aromatic N) is 1. The quantitative estimate of drug-likeness (QED) is 0.145. The topological polar surface area (TPSA) is 100 Å². The summed E-state index contributed by atoms with van der Waals surface area (Å²) in [7, 11) is 0. The first-order valence-corrected chi connectivity index (χ1v) is 13.7. The Labute approximate surface area is 246 Å². The highest BCUT2D eigenvalue weighted by Crippen LogP contribution is 2.27. The van der Waals surface area contributed by atoms with Crippen molar-refractivity contribution in [2.24, 2.45) is 0 Å². The second-order valence-electron chi connectivity index (χ2n) is 8.55. The number of carbonyl (C=O) groups excluding carboxylic acids is 3. The Kier molecular flexibility index (Phi) is 9.96. The predicted octanol–water partition coefficient (Wildman–Crippen LogP) is 6.92. The first-order valence-electron chi connectivity index (χ1n) is 12.1. The van der Waals surface area contributed by atoms with Gasteiger partial charge in [0.25, 0.3) is 11.8 Å². The van der Waals surface area contributed by atoms with Crippen LogP contribution in [0.15, 0.2) is 108 Å². The maximum absolute atomic E-state index is 13.2. The van der Waals surface area contributed by atoms with Crippen molar-refractivity contribution < 1.29 is 14.4 Å². The smallest absolute Gasteiger partial charge is 0.272 e. The van der Waals surface area contributed by atoms with E-state index in [2.05, 4.69) is 20.9 Å². The Morgan fingerprint density at radius 1 is 0.850 bits per heavy atom. The van der Waals surface area contributed by atoms with Gasteiger partial charge in [-0.05, 0) is 79.2 Å². The van der Waals surface area contributed by atoms with Gasteiger partial charge < -0.3 is 16.0 Å². The minimum absolute atomic E-state index is 0.0618. The summed E-state index contributed by atoms with van der Waals surface area (Å²) >= 11 is 13.4. The van der Waals surface area contributed by atoms with Gasteiger partial charge >= 0.3 is 0 Å². The molecule has 0 spiro atoms. The molecule has 0 saturated heterocycles. The average Bonchev–Trinajstić information content (AvgIpc) is 2.94. The fraction of sp³-hybridized carbons (Fsp3) is 0.0667. The number of pyridine rings is 1. The molecule has 202 valence electrons. The van der Waals surface area contributed by atoms with Gasteiger partial charge in [0, 0.05) is 44.3 Å². The molecule has 10 heteroatoms. The lowest BCUT2D eigenvalue weighted by atomic mass is 10.2. The number of carbonyl (C=O) groups is 3. The summed E-state index contributed by atoms with van der Waals surface area (Å²) in [6.45, 7) is 1.78. The Morgan fingerprint density at radius 2 is 1.55 bits per heavy atom. The van der Waals surface area contributed by atoms with Crippen LogP contribution < -0.4 is 16.0 Å². The summed E-state index contributed by atoms with van der Waals surface area (Å²) in [6.07, 6.45) is 4.77. The van der Waals surface area contributed by atoms with Crippen molar-refractivity contribution in [2.45, 2.75) is 17.1 Å². The van der Waals surface area contributed by atoms with Crippen LogP contribution in [-0.4, -0.2) is 28.0 Å². The molecular formula is C30H24Cl2N4O3S. The molecule has 1 aromatic heterocycles. The third-order valence-electron chi connectivity index (χ3n) is 5.45. The number of anilines is 2. The van der Waals surface area contributed by atoms with Gasteiger partial charge in [0.05, 0.1) is 5.25 Å². The third kappa shape index (κ3) is 8.44. The molecule has 0 radical (unpaired) electrons. The molecule has 0 aliphatic heterocycles. The summed E-state index contributed by atoms with van der Waals surface area (Å²) in [5.74, 6) is -1.12. The van der Waals surface area contributed by atoms with E-state index in [9.17, 15) is 14.4 Å². The number of thioether (sulfide) groups is 1. The molecule has 3 amide bonds. The van der Waals surface area contributed by atoms with Gasteiger partial charge in [-0.1, -0.05) is 47.5 Å². The first-order chi connectivity index (χ1) is 19.3. The molecule has 1 unspecified atom stereocenters. The molecule has 0 aliphatic rings. The molecule has 0 fully saturated rings. The third-order valence-corrected chi connectivity index (χ3v) is 7.00. The largest absolute Gasteiger partial charge is 0.325 e. The van der Waals surface area contributed by atoms with Crippen molar-refractivity contribution >= 4 is 70.1 Å². The number of hydrogen-bond acceptors (Lipinski definition) is 5. The van der Waals surface area contributed by atoms with Crippen LogP contribution in [0.3, 0.4) is 0 Å². The van der Waals surface area contributed by atoms with Crippen molar-refractivity contribution in [1.29, 1.82) is 0 Å². The molecule has 0 aliphatic carbocycles. The molecule has 7 nitrogen and oxygen atoms in total. The van der Waals surface area contributed by atoms with E-state index < -0.39 is 17.1 Å². The Balaban J connectivity index is 1.41. The van der Waals surface area contributed by atoms with Gasteiger partial charge in [-0.3, -0.25) is 19.4 Å². The monoisotopic (exact) mass is 590 g/mol. The predicted molar refractivity (Wildman–Crippen MR) is 162 cm³/mol. The highest BCUT2D eigenvalue weighted by atomic mass is 35.5. The summed E-state index contributed by atoms with van der Waals surface area (Å²) in [6, 6.07) is 24.0. The van der Waals surface area contributed by atoms with Gasteiger partial charge in [-0.2, -0.15) is 0 Å². The van der Waals surface area contributed by atoms with Crippen molar-refractivity contribution in [3.63, 3.8) is 0 Å². The minimum atomic E-state index is -0.499. The van der Waals surface area contributed by atoms with Gasteiger partial charge in [0.15, 0.2) is 0 Å². The summed E-state index contributed by atoms with van der Waals surface area (Å²) in [5, 5.41) is 8.76. The van der Waals surface area contributed by atoms with Crippen molar-refractivity contribution in [3.05, 3.63) is 124 Å². The second kappa shape index (κ2) is 13.8. The van der Waals surface area contributed by atoms with E-state index in [1.807, 2.05) is 0 Å². The summed E-state index contributed by atoms with van der Waals surface area (Å²) in [5.41, 5.74) is 2.17. The van der Waals surface area contributed by atoms with E-state index in [0.717, 1.165) is 4.90 Å². The van der Waals surface area contributed by atoms with Crippen molar-refractivity contribution in [3.8, 4) is 0 Å². The van der Waals surface area contributed by atoms with E-state index in [4.69, 9.17) is 23.2 Å². The number of amides is 3. The zero-order chi connectivity index (χ0) is 28.5. The van der Waals surface area contributed by atoms with Crippen LogP contribution in [0.1, 0.15) is 22.8 Å². The van der Waals surface area contributed by atoms with E-state index in [-0.39, 0.29) is 11.6 Å². The maximum Gasteiger partial charge on any atom is 0.272 e. The Morgan fingerprint density at radius 3 is 2.20 bits per heavy atom. The van der Waals surface area contributed by atoms with Crippen LogP contribution in [0.5, 0.6) is 0 Å². The summed E-state index contributed by atoms with van der Waals surface area (Å²) < 4.78 is 0. The number of aromatic nitrogens is 1. The number of nitrogens with one attached hydrogen (secondary N) is 3. The van der Waals surface area contributed by atoms with Crippen LogP contribution in [-0.2, 0) is 9.59 Å². The molecule has 4 aromatic rings. The van der Waals surface area contributed by atoms with E-state index >= 15 is 0 Å².